The summed E-state index contributed by atoms with van der Waals surface area (Å²) in [5.41, 5.74) is 3.23. The van der Waals surface area contributed by atoms with E-state index in [9.17, 15) is 4.79 Å². The van der Waals surface area contributed by atoms with Gasteiger partial charge < -0.3 is 4.57 Å². The van der Waals surface area contributed by atoms with Gasteiger partial charge in [0.2, 0.25) is 0 Å². The number of hydrogen-bond acceptors (Lipinski definition) is 1. The Balaban J connectivity index is 2.10. The molecule has 2 nitrogen and oxygen atoms in total. The molecule has 5 rings (SSSR count). The smallest absolute Gasteiger partial charge is 0.258 e. The highest BCUT2D eigenvalue weighted by Gasteiger charge is 2.14. The maximum Gasteiger partial charge on any atom is 0.258 e. The van der Waals surface area contributed by atoms with Crippen LogP contribution in [0.15, 0.2) is 89.7 Å². The average Bonchev–Trinajstić information content (AvgIpc) is 2.71. The van der Waals surface area contributed by atoms with Gasteiger partial charge in [0.25, 0.3) is 5.56 Å². The molecule has 4 aromatic carbocycles. The molecule has 5 aromatic rings. The van der Waals surface area contributed by atoms with Crippen molar-refractivity contribution in [2.45, 2.75) is 0 Å². The highest BCUT2D eigenvalue weighted by molar-refractivity contribution is 6.22. The lowest BCUT2D eigenvalue weighted by atomic mass is 9.92. The van der Waals surface area contributed by atoms with E-state index in [1.54, 1.807) is 4.57 Å². The molecule has 0 aliphatic rings. The number of para-hydroxylation sites is 1. The van der Waals surface area contributed by atoms with Crippen molar-refractivity contribution in [1.82, 2.24) is 4.57 Å². The highest BCUT2D eigenvalue weighted by atomic mass is 16.1. The standard InChI is InChI=1S/C24H17NO/c1-25-22-14-8-7-13-19(22)23-18-12-6-5-11-17(18)20(15-21(23)24(25)26)16-9-3-2-4-10-16/h2-15H,1H3. The first-order valence-corrected chi connectivity index (χ1v) is 8.74. The molecule has 0 saturated heterocycles. The molecule has 0 atom stereocenters. The van der Waals surface area contributed by atoms with Crippen molar-refractivity contribution in [1.29, 1.82) is 0 Å². The van der Waals surface area contributed by atoms with Gasteiger partial charge in [0.1, 0.15) is 0 Å². The van der Waals surface area contributed by atoms with Crippen molar-refractivity contribution in [3.05, 3.63) is 95.3 Å². The summed E-state index contributed by atoms with van der Waals surface area (Å²) in [4.78, 5) is 13.1. The fourth-order valence-corrected chi connectivity index (χ4v) is 3.96. The van der Waals surface area contributed by atoms with E-state index in [0.717, 1.165) is 38.2 Å². The summed E-state index contributed by atoms with van der Waals surface area (Å²) in [6.45, 7) is 0. The van der Waals surface area contributed by atoms with Gasteiger partial charge in [-0.2, -0.15) is 0 Å². The Hall–Kier alpha value is -3.39. The zero-order valence-corrected chi connectivity index (χ0v) is 14.4. The number of hydrogen-bond donors (Lipinski definition) is 0. The van der Waals surface area contributed by atoms with Crippen LogP contribution in [-0.4, -0.2) is 4.57 Å². The van der Waals surface area contributed by atoms with Gasteiger partial charge in [-0.3, -0.25) is 4.79 Å². The zero-order chi connectivity index (χ0) is 17.7. The number of aryl methyl sites for hydroxylation is 1. The van der Waals surface area contributed by atoms with Crippen LogP contribution in [0.1, 0.15) is 0 Å². The van der Waals surface area contributed by atoms with Crippen LogP contribution in [0.25, 0.3) is 43.6 Å². The summed E-state index contributed by atoms with van der Waals surface area (Å²) < 4.78 is 1.75. The molecule has 1 aromatic heterocycles. The minimum Gasteiger partial charge on any atom is -0.311 e. The van der Waals surface area contributed by atoms with Crippen LogP contribution in [-0.2, 0) is 7.05 Å². The minimum atomic E-state index is 0.0432. The lowest BCUT2D eigenvalue weighted by molar-refractivity contribution is 0.919. The maximum absolute atomic E-state index is 13.1. The monoisotopic (exact) mass is 335 g/mol. The molecule has 0 bridgehead atoms. The molecule has 0 N–H and O–H groups in total. The van der Waals surface area contributed by atoms with Gasteiger partial charge in [-0.05, 0) is 34.0 Å². The highest BCUT2D eigenvalue weighted by Crippen LogP contribution is 2.36. The van der Waals surface area contributed by atoms with E-state index in [1.807, 2.05) is 49.5 Å². The predicted molar refractivity (Wildman–Crippen MR) is 110 cm³/mol. The van der Waals surface area contributed by atoms with Crippen LogP contribution in [0.5, 0.6) is 0 Å². The molecule has 0 amide bonds. The summed E-state index contributed by atoms with van der Waals surface area (Å²) in [5, 5.41) is 5.21. The van der Waals surface area contributed by atoms with E-state index < -0.39 is 0 Å². The van der Waals surface area contributed by atoms with E-state index in [1.165, 1.54) is 5.39 Å². The van der Waals surface area contributed by atoms with Gasteiger partial charge in [0.05, 0.1) is 5.52 Å². The van der Waals surface area contributed by atoms with Crippen molar-refractivity contribution in [3.63, 3.8) is 0 Å². The SMILES string of the molecule is Cn1c(=O)c2cc(-c3ccccc3)c3ccccc3c2c2ccccc21. The third-order valence-corrected chi connectivity index (χ3v) is 5.20. The topological polar surface area (TPSA) is 22.0 Å². The van der Waals surface area contributed by atoms with Crippen molar-refractivity contribution < 1.29 is 0 Å². The van der Waals surface area contributed by atoms with E-state index in [2.05, 4.69) is 42.5 Å². The van der Waals surface area contributed by atoms with Gasteiger partial charge in [-0.1, -0.05) is 72.8 Å². The van der Waals surface area contributed by atoms with Gasteiger partial charge in [0, 0.05) is 23.2 Å². The normalized spacial score (nSPS) is 11.4. The number of benzene rings is 4. The fourth-order valence-electron chi connectivity index (χ4n) is 3.96. The van der Waals surface area contributed by atoms with E-state index in [-0.39, 0.29) is 5.56 Å². The number of rotatable bonds is 1. The molecule has 2 heteroatoms. The number of fused-ring (bicyclic) bond motifs is 5. The van der Waals surface area contributed by atoms with E-state index in [0.29, 0.717) is 0 Å². The Bertz CT molecular complexity index is 1350. The Morgan fingerprint density at radius 2 is 1.27 bits per heavy atom. The summed E-state index contributed by atoms with van der Waals surface area (Å²) in [5.74, 6) is 0. The Labute approximate surface area is 150 Å². The van der Waals surface area contributed by atoms with Gasteiger partial charge in [-0.15, -0.1) is 0 Å². The lowest BCUT2D eigenvalue weighted by Gasteiger charge is -2.14. The first-order valence-electron chi connectivity index (χ1n) is 8.74. The Kier molecular flexibility index (Phi) is 3.19. The van der Waals surface area contributed by atoms with E-state index >= 15 is 0 Å². The molecule has 0 spiro atoms. The van der Waals surface area contributed by atoms with Gasteiger partial charge in [0.15, 0.2) is 0 Å². The Morgan fingerprint density at radius 1 is 0.654 bits per heavy atom. The van der Waals surface area contributed by atoms with Gasteiger partial charge >= 0.3 is 0 Å². The molecule has 0 unspecified atom stereocenters. The first-order chi connectivity index (χ1) is 12.8. The second kappa shape index (κ2) is 5.57. The van der Waals surface area contributed by atoms with Crippen LogP contribution in [0.2, 0.25) is 0 Å². The maximum atomic E-state index is 13.1. The molecule has 124 valence electrons. The molecule has 0 fully saturated rings. The predicted octanol–water partition coefficient (Wildman–Crippen LogP) is 5.51. The quantitative estimate of drug-likeness (QED) is 0.370. The van der Waals surface area contributed by atoms with Crippen molar-refractivity contribution in [3.8, 4) is 11.1 Å². The second-order valence-electron chi connectivity index (χ2n) is 6.64. The molecule has 1 heterocycles. The molecule has 0 radical (unpaired) electrons. The minimum absolute atomic E-state index is 0.0432. The first kappa shape index (κ1) is 14.9. The van der Waals surface area contributed by atoms with E-state index in [4.69, 9.17) is 0 Å². The molecular formula is C24H17NO. The largest absolute Gasteiger partial charge is 0.311 e. The number of pyridine rings is 1. The molecular weight excluding hydrogens is 318 g/mol. The summed E-state index contributed by atoms with van der Waals surface area (Å²) >= 11 is 0. The van der Waals surface area contributed by atoms with Crippen molar-refractivity contribution in [2.75, 3.05) is 0 Å². The van der Waals surface area contributed by atoms with Crippen LogP contribution in [0, 0.1) is 0 Å². The summed E-state index contributed by atoms with van der Waals surface area (Å²) in [6.07, 6.45) is 0. The van der Waals surface area contributed by atoms with Crippen LogP contribution in [0.4, 0.5) is 0 Å². The van der Waals surface area contributed by atoms with Gasteiger partial charge in [-0.25, -0.2) is 0 Å². The molecule has 0 saturated carbocycles. The van der Waals surface area contributed by atoms with Crippen LogP contribution < -0.4 is 5.56 Å². The third-order valence-electron chi connectivity index (χ3n) is 5.20. The van der Waals surface area contributed by atoms with Crippen LogP contribution in [0.3, 0.4) is 0 Å². The second-order valence-corrected chi connectivity index (χ2v) is 6.64. The Morgan fingerprint density at radius 3 is 2.04 bits per heavy atom. The third kappa shape index (κ3) is 2.02. The zero-order valence-electron chi connectivity index (χ0n) is 14.4. The number of aromatic nitrogens is 1. The molecule has 0 aliphatic carbocycles. The summed E-state index contributed by atoms with van der Waals surface area (Å²) in [6, 6.07) is 28.8. The summed E-state index contributed by atoms with van der Waals surface area (Å²) in [7, 11) is 1.85. The lowest BCUT2D eigenvalue weighted by Crippen LogP contribution is -2.17. The molecule has 26 heavy (non-hydrogen) atoms. The van der Waals surface area contributed by atoms with Crippen molar-refractivity contribution >= 4 is 32.4 Å². The molecule has 0 aliphatic heterocycles. The van der Waals surface area contributed by atoms with Crippen LogP contribution >= 0.6 is 0 Å². The fraction of sp³-hybridized carbons (Fsp3) is 0.0417. The number of nitrogens with zero attached hydrogens (tertiary/aromatic N) is 1. The van der Waals surface area contributed by atoms with Crippen molar-refractivity contribution in [2.24, 2.45) is 7.05 Å². The average molecular weight is 335 g/mol.